The minimum Gasteiger partial charge on any atom is -0.469 e. The summed E-state index contributed by atoms with van der Waals surface area (Å²) < 4.78 is 10.4. The Morgan fingerprint density at radius 2 is 2.52 bits per heavy atom. The van der Waals surface area contributed by atoms with Gasteiger partial charge in [0.15, 0.2) is 0 Å². The van der Waals surface area contributed by atoms with Crippen molar-refractivity contribution in [2.75, 3.05) is 6.54 Å². The van der Waals surface area contributed by atoms with E-state index in [0.717, 1.165) is 25.1 Å². The average Bonchev–Trinajstić information content (AvgIpc) is 3.20. The number of amides is 1. The Kier molecular flexibility index (Phi) is 4.01. The van der Waals surface area contributed by atoms with Gasteiger partial charge in [-0.3, -0.25) is 4.79 Å². The van der Waals surface area contributed by atoms with Crippen LogP contribution in [0.5, 0.6) is 0 Å². The average molecular weight is 290 g/mol. The summed E-state index contributed by atoms with van der Waals surface area (Å²) in [6.45, 7) is 2.84. The molecule has 1 fully saturated rings. The fourth-order valence-corrected chi connectivity index (χ4v) is 2.43. The van der Waals surface area contributed by atoms with Crippen LogP contribution in [0.4, 0.5) is 0 Å². The van der Waals surface area contributed by atoms with Crippen molar-refractivity contribution in [3.8, 4) is 0 Å². The number of hydrogen-bond acceptors (Lipinski definition) is 6. The van der Waals surface area contributed by atoms with Crippen molar-refractivity contribution in [1.29, 1.82) is 0 Å². The molecule has 3 heterocycles. The molecule has 2 atom stereocenters. The molecule has 7 nitrogen and oxygen atoms in total. The zero-order valence-corrected chi connectivity index (χ0v) is 11.8. The van der Waals surface area contributed by atoms with E-state index in [-0.39, 0.29) is 23.8 Å². The van der Waals surface area contributed by atoms with Crippen LogP contribution in [-0.4, -0.2) is 28.6 Å². The van der Waals surface area contributed by atoms with Crippen molar-refractivity contribution in [2.24, 2.45) is 0 Å². The van der Waals surface area contributed by atoms with Gasteiger partial charge in [-0.25, -0.2) is 0 Å². The molecule has 0 saturated carbocycles. The lowest BCUT2D eigenvalue weighted by Gasteiger charge is -2.10. The highest BCUT2D eigenvalue weighted by molar-refractivity contribution is 5.90. The summed E-state index contributed by atoms with van der Waals surface area (Å²) in [6, 6.07) is 3.69. The molecule has 3 rings (SSSR count). The lowest BCUT2D eigenvalue weighted by molar-refractivity contribution is 0.0925. The predicted molar refractivity (Wildman–Crippen MR) is 73.6 cm³/mol. The fourth-order valence-electron chi connectivity index (χ4n) is 2.43. The van der Waals surface area contributed by atoms with Gasteiger partial charge < -0.3 is 19.6 Å². The highest BCUT2D eigenvalue weighted by atomic mass is 16.5. The summed E-state index contributed by atoms with van der Waals surface area (Å²) in [5.74, 6) is 1.05. The summed E-state index contributed by atoms with van der Waals surface area (Å²) in [4.78, 5) is 16.2. The first-order valence-electron chi connectivity index (χ1n) is 7.12. The van der Waals surface area contributed by atoms with E-state index in [1.807, 2.05) is 19.1 Å². The normalized spacial score (nSPS) is 19.6. The van der Waals surface area contributed by atoms with E-state index < -0.39 is 0 Å². The maximum atomic E-state index is 12.1. The number of nitrogens with one attached hydrogen (secondary N) is 2. The topological polar surface area (TPSA) is 93.2 Å². The van der Waals surface area contributed by atoms with Crippen molar-refractivity contribution in [1.82, 2.24) is 20.8 Å². The standard InChI is InChI=1S/C14H18N4O3/c1-9(8-10-4-3-7-20-10)16-13(19)12-17-14(21-18-12)11-5-2-6-15-11/h3-4,7,9,11,15H,2,5-6,8H2,1H3,(H,16,19). The molecule has 1 amide bonds. The maximum Gasteiger partial charge on any atom is 0.292 e. The number of hydrogen-bond donors (Lipinski definition) is 2. The number of aromatic nitrogens is 2. The molecule has 21 heavy (non-hydrogen) atoms. The number of nitrogens with zero attached hydrogens (tertiary/aromatic N) is 2. The summed E-state index contributed by atoms with van der Waals surface area (Å²) in [5.41, 5.74) is 0. The molecule has 0 aromatic carbocycles. The molecule has 0 radical (unpaired) electrons. The fraction of sp³-hybridized carbons (Fsp3) is 0.500. The Morgan fingerprint density at radius 1 is 1.62 bits per heavy atom. The van der Waals surface area contributed by atoms with Crippen molar-refractivity contribution in [2.45, 2.75) is 38.3 Å². The van der Waals surface area contributed by atoms with Crippen LogP contribution in [0.25, 0.3) is 0 Å². The second kappa shape index (κ2) is 6.09. The molecule has 0 spiro atoms. The molecular weight excluding hydrogens is 272 g/mol. The Labute approximate surface area is 122 Å². The quantitative estimate of drug-likeness (QED) is 0.865. The minimum atomic E-state index is -0.331. The molecule has 7 heteroatoms. The first-order chi connectivity index (χ1) is 10.2. The molecule has 1 saturated heterocycles. The van der Waals surface area contributed by atoms with E-state index in [0.29, 0.717) is 12.3 Å². The van der Waals surface area contributed by atoms with Crippen molar-refractivity contribution in [3.63, 3.8) is 0 Å². The lowest BCUT2D eigenvalue weighted by atomic mass is 10.2. The van der Waals surface area contributed by atoms with E-state index in [1.54, 1.807) is 6.26 Å². The first-order valence-corrected chi connectivity index (χ1v) is 7.12. The van der Waals surface area contributed by atoms with Crippen LogP contribution in [0, 0.1) is 0 Å². The Balaban J connectivity index is 1.57. The summed E-state index contributed by atoms with van der Waals surface area (Å²) in [5, 5.41) is 9.84. The molecule has 112 valence electrons. The molecule has 2 unspecified atom stereocenters. The number of carbonyl (C=O) groups excluding carboxylic acids is 1. The Morgan fingerprint density at radius 3 is 3.24 bits per heavy atom. The van der Waals surface area contributed by atoms with Gasteiger partial charge in [0.2, 0.25) is 5.89 Å². The van der Waals surface area contributed by atoms with E-state index in [4.69, 9.17) is 8.94 Å². The third kappa shape index (κ3) is 3.30. The second-order valence-corrected chi connectivity index (χ2v) is 5.26. The Bertz CT molecular complexity index is 587. The zero-order chi connectivity index (χ0) is 14.7. The second-order valence-electron chi connectivity index (χ2n) is 5.26. The zero-order valence-electron chi connectivity index (χ0n) is 11.8. The maximum absolute atomic E-state index is 12.1. The monoisotopic (exact) mass is 290 g/mol. The number of carbonyl (C=O) groups is 1. The Hall–Kier alpha value is -2.15. The highest BCUT2D eigenvalue weighted by Gasteiger charge is 2.24. The minimum absolute atomic E-state index is 0.0691. The van der Waals surface area contributed by atoms with Crippen LogP contribution in [-0.2, 0) is 6.42 Å². The smallest absolute Gasteiger partial charge is 0.292 e. The van der Waals surface area contributed by atoms with Crippen LogP contribution in [0.2, 0.25) is 0 Å². The molecular formula is C14H18N4O3. The molecule has 2 N–H and O–H groups in total. The summed E-state index contributed by atoms with van der Waals surface area (Å²) >= 11 is 0. The van der Waals surface area contributed by atoms with E-state index in [2.05, 4.69) is 20.8 Å². The van der Waals surface area contributed by atoms with Gasteiger partial charge in [0.1, 0.15) is 5.76 Å². The SMILES string of the molecule is CC(Cc1ccco1)NC(=O)c1noc(C2CCCN2)n1. The van der Waals surface area contributed by atoms with Crippen LogP contribution >= 0.6 is 0 Å². The van der Waals surface area contributed by atoms with Crippen molar-refractivity contribution in [3.05, 3.63) is 35.9 Å². The van der Waals surface area contributed by atoms with Gasteiger partial charge in [0.05, 0.1) is 12.3 Å². The number of furan rings is 1. The highest BCUT2D eigenvalue weighted by Crippen LogP contribution is 2.21. The van der Waals surface area contributed by atoms with Crippen LogP contribution in [0.3, 0.4) is 0 Å². The predicted octanol–water partition coefficient (Wildman–Crippen LogP) is 1.45. The third-order valence-electron chi connectivity index (χ3n) is 3.47. The van der Waals surface area contributed by atoms with E-state index >= 15 is 0 Å². The molecule has 0 aliphatic carbocycles. The van der Waals surface area contributed by atoms with Gasteiger partial charge in [0, 0.05) is 12.5 Å². The van der Waals surface area contributed by atoms with Crippen LogP contribution in [0.1, 0.15) is 48.1 Å². The largest absolute Gasteiger partial charge is 0.469 e. The molecule has 0 bridgehead atoms. The van der Waals surface area contributed by atoms with Crippen molar-refractivity contribution >= 4 is 5.91 Å². The summed E-state index contributed by atoms with van der Waals surface area (Å²) in [6.07, 6.45) is 4.27. The third-order valence-corrected chi connectivity index (χ3v) is 3.47. The van der Waals surface area contributed by atoms with Gasteiger partial charge in [-0.1, -0.05) is 5.16 Å². The van der Waals surface area contributed by atoms with Gasteiger partial charge in [0.25, 0.3) is 11.7 Å². The molecule has 1 aliphatic heterocycles. The number of rotatable bonds is 5. The molecule has 1 aliphatic rings. The first kappa shape index (κ1) is 13.8. The van der Waals surface area contributed by atoms with Gasteiger partial charge in [-0.05, 0) is 38.4 Å². The molecule has 2 aromatic heterocycles. The summed E-state index contributed by atoms with van der Waals surface area (Å²) in [7, 11) is 0. The lowest BCUT2D eigenvalue weighted by Crippen LogP contribution is -2.34. The van der Waals surface area contributed by atoms with E-state index in [1.165, 1.54) is 0 Å². The van der Waals surface area contributed by atoms with Gasteiger partial charge in [-0.2, -0.15) is 4.98 Å². The van der Waals surface area contributed by atoms with E-state index in [9.17, 15) is 4.79 Å². The van der Waals surface area contributed by atoms with Crippen LogP contribution in [0.15, 0.2) is 27.3 Å². The van der Waals surface area contributed by atoms with Gasteiger partial charge >= 0.3 is 0 Å². The van der Waals surface area contributed by atoms with Gasteiger partial charge in [-0.15, -0.1) is 0 Å². The molecule has 2 aromatic rings. The van der Waals surface area contributed by atoms with Crippen molar-refractivity contribution < 1.29 is 13.7 Å². The van der Waals surface area contributed by atoms with Crippen LogP contribution < -0.4 is 10.6 Å².